The Hall–Kier alpha value is -1.66. The molecule has 1 atom stereocenters. The van der Waals surface area contributed by atoms with E-state index in [0.717, 1.165) is 12.1 Å². The van der Waals surface area contributed by atoms with Crippen LogP contribution < -0.4 is 11.1 Å². The third kappa shape index (κ3) is 3.69. The molecular weight excluding hydrogens is 227 g/mol. The van der Waals surface area contributed by atoms with Gasteiger partial charge in [-0.25, -0.2) is 4.39 Å². The van der Waals surface area contributed by atoms with Crippen molar-refractivity contribution < 1.29 is 19.0 Å². The molecule has 1 amide bonds. The minimum Gasteiger partial charge on any atom is -0.507 e. The Balaban J connectivity index is 2.75. The smallest absolute Gasteiger partial charge is 0.255 e. The number of carbonyl (C=O) groups is 1. The zero-order valence-corrected chi connectivity index (χ0v) is 9.44. The molecule has 0 saturated carbocycles. The molecule has 0 spiro atoms. The van der Waals surface area contributed by atoms with Crippen LogP contribution in [-0.2, 0) is 4.74 Å². The fourth-order valence-electron chi connectivity index (χ4n) is 1.33. The summed E-state index contributed by atoms with van der Waals surface area (Å²) in [6, 6.07) is 2.84. The highest BCUT2D eigenvalue weighted by atomic mass is 19.1. The van der Waals surface area contributed by atoms with Gasteiger partial charge in [-0.3, -0.25) is 4.79 Å². The maximum Gasteiger partial charge on any atom is 0.255 e. The van der Waals surface area contributed by atoms with E-state index in [2.05, 4.69) is 5.32 Å². The van der Waals surface area contributed by atoms with E-state index >= 15 is 0 Å². The van der Waals surface area contributed by atoms with E-state index in [9.17, 15) is 14.3 Å². The number of halogens is 1. The van der Waals surface area contributed by atoms with Crippen molar-refractivity contribution in [2.75, 3.05) is 20.3 Å². The lowest BCUT2D eigenvalue weighted by atomic mass is 10.1. The third-order valence-electron chi connectivity index (χ3n) is 2.19. The second kappa shape index (κ2) is 6.17. The Morgan fingerprint density at radius 1 is 1.65 bits per heavy atom. The summed E-state index contributed by atoms with van der Waals surface area (Å²) in [6.07, 6.45) is 0. The molecule has 0 aliphatic rings. The van der Waals surface area contributed by atoms with Crippen molar-refractivity contribution in [2.45, 2.75) is 6.04 Å². The van der Waals surface area contributed by atoms with Gasteiger partial charge in [-0.1, -0.05) is 0 Å². The highest BCUT2D eigenvalue weighted by molar-refractivity contribution is 5.96. The van der Waals surface area contributed by atoms with Crippen molar-refractivity contribution in [3.8, 4) is 5.75 Å². The summed E-state index contributed by atoms with van der Waals surface area (Å²) < 4.78 is 17.6. The molecule has 0 saturated heterocycles. The van der Waals surface area contributed by atoms with Crippen LogP contribution in [0.3, 0.4) is 0 Å². The van der Waals surface area contributed by atoms with Gasteiger partial charge in [0, 0.05) is 19.7 Å². The first-order valence-electron chi connectivity index (χ1n) is 5.07. The van der Waals surface area contributed by atoms with Gasteiger partial charge < -0.3 is 20.9 Å². The highest BCUT2D eigenvalue weighted by Gasteiger charge is 2.15. The van der Waals surface area contributed by atoms with E-state index in [0.29, 0.717) is 0 Å². The Labute approximate surface area is 98.4 Å². The summed E-state index contributed by atoms with van der Waals surface area (Å²) in [7, 11) is 1.49. The average Bonchev–Trinajstić information content (AvgIpc) is 2.28. The topological polar surface area (TPSA) is 84.6 Å². The molecule has 0 aliphatic carbocycles. The molecule has 0 bridgehead atoms. The van der Waals surface area contributed by atoms with Gasteiger partial charge in [0.15, 0.2) is 0 Å². The summed E-state index contributed by atoms with van der Waals surface area (Å²) in [5.41, 5.74) is 5.43. The maximum atomic E-state index is 12.7. The van der Waals surface area contributed by atoms with Crippen LogP contribution in [0, 0.1) is 5.82 Å². The lowest BCUT2D eigenvalue weighted by Gasteiger charge is -2.16. The number of amides is 1. The molecule has 1 rings (SSSR count). The zero-order valence-electron chi connectivity index (χ0n) is 9.44. The lowest BCUT2D eigenvalue weighted by Crippen LogP contribution is -2.43. The van der Waals surface area contributed by atoms with Gasteiger partial charge in [-0.2, -0.15) is 0 Å². The quantitative estimate of drug-likeness (QED) is 0.690. The first kappa shape index (κ1) is 13.4. The minimum atomic E-state index is -0.605. The van der Waals surface area contributed by atoms with Crippen molar-refractivity contribution in [2.24, 2.45) is 5.73 Å². The van der Waals surface area contributed by atoms with Crippen LogP contribution in [0.15, 0.2) is 18.2 Å². The van der Waals surface area contributed by atoms with E-state index < -0.39 is 17.5 Å². The summed E-state index contributed by atoms with van der Waals surface area (Å²) in [4.78, 5) is 11.7. The Morgan fingerprint density at radius 3 is 2.88 bits per heavy atom. The van der Waals surface area contributed by atoms with Gasteiger partial charge >= 0.3 is 0 Å². The fraction of sp³-hybridized carbons (Fsp3) is 0.364. The number of carbonyl (C=O) groups excluding carboxylic acids is 1. The summed E-state index contributed by atoms with van der Waals surface area (Å²) in [5, 5.41) is 12.0. The Kier molecular flexibility index (Phi) is 4.86. The van der Waals surface area contributed by atoms with Gasteiger partial charge in [-0.15, -0.1) is 0 Å². The number of phenols is 1. The fourth-order valence-corrected chi connectivity index (χ4v) is 1.33. The molecular formula is C11H15FN2O3. The minimum absolute atomic E-state index is 0.000882. The van der Waals surface area contributed by atoms with Crippen LogP contribution in [0.4, 0.5) is 4.39 Å². The van der Waals surface area contributed by atoms with Crippen molar-refractivity contribution in [1.29, 1.82) is 0 Å². The second-order valence-electron chi connectivity index (χ2n) is 3.52. The van der Waals surface area contributed by atoms with E-state index in [1.807, 2.05) is 0 Å². The molecule has 4 N–H and O–H groups in total. The van der Waals surface area contributed by atoms with Gasteiger partial charge in [0.05, 0.1) is 18.2 Å². The van der Waals surface area contributed by atoms with E-state index in [4.69, 9.17) is 10.5 Å². The van der Waals surface area contributed by atoms with Crippen molar-refractivity contribution in [1.82, 2.24) is 5.32 Å². The van der Waals surface area contributed by atoms with E-state index in [1.54, 1.807) is 0 Å². The largest absolute Gasteiger partial charge is 0.507 e. The van der Waals surface area contributed by atoms with Crippen LogP contribution in [0.2, 0.25) is 0 Å². The summed E-state index contributed by atoms with van der Waals surface area (Å²) >= 11 is 0. The Morgan fingerprint density at radius 2 is 2.35 bits per heavy atom. The maximum absolute atomic E-state index is 12.7. The predicted molar refractivity (Wildman–Crippen MR) is 60.2 cm³/mol. The first-order chi connectivity index (χ1) is 8.08. The van der Waals surface area contributed by atoms with Crippen molar-refractivity contribution in [3.63, 3.8) is 0 Å². The van der Waals surface area contributed by atoms with Crippen LogP contribution in [0.5, 0.6) is 5.75 Å². The Bertz CT molecular complexity index is 398. The SMILES string of the molecule is COCC(CN)NC(=O)c1ccc(F)cc1O. The van der Waals surface area contributed by atoms with Crippen LogP contribution >= 0.6 is 0 Å². The van der Waals surface area contributed by atoms with Crippen molar-refractivity contribution >= 4 is 5.91 Å². The normalized spacial score (nSPS) is 12.2. The average molecular weight is 242 g/mol. The second-order valence-corrected chi connectivity index (χ2v) is 3.52. The molecule has 1 aromatic carbocycles. The molecule has 0 radical (unpaired) electrons. The molecule has 0 aromatic heterocycles. The molecule has 0 fully saturated rings. The van der Waals surface area contributed by atoms with E-state index in [-0.39, 0.29) is 24.8 Å². The standard InChI is InChI=1S/C11H15FN2O3/c1-17-6-8(5-13)14-11(16)9-3-2-7(12)4-10(9)15/h2-4,8,15H,5-6,13H2,1H3,(H,14,16). The molecule has 17 heavy (non-hydrogen) atoms. The monoisotopic (exact) mass is 242 g/mol. The molecule has 1 aromatic rings. The zero-order chi connectivity index (χ0) is 12.8. The van der Waals surface area contributed by atoms with Gasteiger partial charge in [0.2, 0.25) is 0 Å². The number of methoxy groups -OCH3 is 1. The number of nitrogens with two attached hydrogens (primary N) is 1. The number of hydrogen-bond acceptors (Lipinski definition) is 4. The molecule has 5 nitrogen and oxygen atoms in total. The molecule has 1 unspecified atom stereocenters. The number of phenolic OH excluding ortho intramolecular Hbond substituents is 1. The van der Waals surface area contributed by atoms with Crippen LogP contribution in [0.25, 0.3) is 0 Å². The van der Waals surface area contributed by atoms with Crippen LogP contribution in [-0.4, -0.2) is 37.3 Å². The number of aromatic hydroxyl groups is 1. The number of rotatable bonds is 5. The number of benzene rings is 1. The van der Waals surface area contributed by atoms with Crippen LogP contribution in [0.1, 0.15) is 10.4 Å². The number of hydrogen-bond donors (Lipinski definition) is 3. The summed E-state index contributed by atoms with van der Waals surface area (Å²) in [6.45, 7) is 0.478. The molecule has 6 heteroatoms. The van der Waals surface area contributed by atoms with Gasteiger partial charge in [-0.05, 0) is 12.1 Å². The lowest BCUT2D eigenvalue weighted by molar-refractivity contribution is 0.0898. The predicted octanol–water partition coefficient (Wildman–Crippen LogP) is 0.235. The van der Waals surface area contributed by atoms with Gasteiger partial charge in [0.25, 0.3) is 5.91 Å². The van der Waals surface area contributed by atoms with E-state index in [1.165, 1.54) is 13.2 Å². The molecule has 0 aliphatic heterocycles. The number of nitrogens with one attached hydrogen (secondary N) is 1. The van der Waals surface area contributed by atoms with Gasteiger partial charge in [0.1, 0.15) is 11.6 Å². The molecule has 94 valence electrons. The highest BCUT2D eigenvalue weighted by Crippen LogP contribution is 2.17. The first-order valence-corrected chi connectivity index (χ1v) is 5.07. The summed E-state index contributed by atoms with van der Waals surface area (Å²) in [5.74, 6) is -1.53. The number of ether oxygens (including phenoxy) is 1. The van der Waals surface area contributed by atoms with Crippen molar-refractivity contribution in [3.05, 3.63) is 29.6 Å². The molecule has 0 heterocycles. The third-order valence-corrected chi connectivity index (χ3v) is 2.19.